The van der Waals surface area contributed by atoms with Gasteiger partial charge in [0.2, 0.25) is 9.84 Å². The van der Waals surface area contributed by atoms with Gasteiger partial charge >= 0.3 is 5.97 Å². The molecule has 0 aliphatic rings. The number of aliphatic hydroxyl groups excluding tert-OH is 1. The van der Waals surface area contributed by atoms with E-state index in [1.54, 1.807) is 42.5 Å². The molecule has 0 saturated heterocycles. The van der Waals surface area contributed by atoms with E-state index in [0.717, 1.165) is 11.1 Å². The molecular formula is C24H25Cl2NO6S. The molecule has 34 heavy (non-hydrogen) atoms. The lowest BCUT2D eigenvalue weighted by atomic mass is 10.1. The van der Waals surface area contributed by atoms with E-state index in [1.807, 2.05) is 6.07 Å². The van der Waals surface area contributed by atoms with E-state index in [0.29, 0.717) is 24.5 Å². The molecule has 3 N–H and O–H groups in total. The molecule has 1 atom stereocenters. The number of hydrogen-bond acceptors (Lipinski definition) is 6. The maximum atomic E-state index is 12.8. The van der Waals surface area contributed by atoms with Crippen molar-refractivity contribution in [2.24, 2.45) is 0 Å². The number of sulfone groups is 1. The number of carboxylic acids is 1. The number of hydrogen-bond donors (Lipinski definition) is 3. The molecule has 0 heterocycles. The molecule has 0 unspecified atom stereocenters. The molecule has 0 amide bonds. The minimum atomic E-state index is -3.71. The first kappa shape index (κ1) is 27.6. The highest BCUT2D eigenvalue weighted by Crippen LogP contribution is 2.23. The molecule has 0 radical (unpaired) electrons. The third-order valence-electron chi connectivity index (χ3n) is 4.89. The molecule has 10 heteroatoms. The number of carbonyl (C=O) groups is 1. The molecule has 7 nitrogen and oxygen atoms in total. The number of nitrogens with one attached hydrogen (secondary N) is 1. The molecule has 0 aromatic heterocycles. The van der Waals surface area contributed by atoms with Gasteiger partial charge < -0.3 is 20.3 Å². The van der Waals surface area contributed by atoms with Gasteiger partial charge in [-0.25, -0.2) is 13.2 Å². The normalized spacial score (nSPS) is 11.9. The van der Waals surface area contributed by atoms with Crippen LogP contribution >= 0.6 is 24.0 Å². The summed E-state index contributed by atoms with van der Waals surface area (Å²) >= 11 is 5.94. The van der Waals surface area contributed by atoms with Gasteiger partial charge in [-0.05, 0) is 72.6 Å². The van der Waals surface area contributed by atoms with Crippen molar-refractivity contribution in [3.8, 4) is 5.75 Å². The SMILES string of the molecule is Cl.O=C(O)COc1ccc(S(=O)(=O)c2ccc(CCNC[C@H](O)c3cccc(Cl)c3)cc2)cc1. The minimum absolute atomic E-state index is 0. The van der Waals surface area contributed by atoms with E-state index in [4.69, 9.17) is 21.4 Å². The van der Waals surface area contributed by atoms with Gasteiger partial charge in [-0.2, -0.15) is 0 Å². The molecule has 0 aliphatic heterocycles. The first-order chi connectivity index (χ1) is 15.8. The van der Waals surface area contributed by atoms with Crippen LogP contribution in [0.5, 0.6) is 5.75 Å². The molecule has 0 aliphatic carbocycles. The Morgan fingerprint density at radius 1 is 1.00 bits per heavy atom. The summed E-state index contributed by atoms with van der Waals surface area (Å²) in [7, 11) is -3.71. The van der Waals surface area contributed by atoms with Crippen LogP contribution in [0.15, 0.2) is 82.6 Å². The van der Waals surface area contributed by atoms with Crippen molar-refractivity contribution in [1.29, 1.82) is 0 Å². The lowest BCUT2D eigenvalue weighted by molar-refractivity contribution is -0.139. The summed E-state index contributed by atoms with van der Waals surface area (Å²) in [6.07, 6.45) is -0.00443. The lowest BCUT2D eigenvalue weighted by Crippen LogP contribution is -2.23. The Kier molecular flexibility index (Phi) is 10.3. The Balaban J connectivity index is 0.00000408. The summed E-state index contributed by atoms with van der Waals surface area (Å²) in [6.45, 7) is 0.489. The smallest absolute Gasteiger partial charge is 0.341 e. The van der Waals surface area contributed by atoms with E-state index in [1.165, 1.54) is 24.3 Å². The van der Waals surface area contributed by atoms with E-state index in [2.05, 4.69) is 5.32 Å². The maximum Gasteiger partial charge on any atom is 0.341 e. The molecule has 0 bridgehead atoms. The van der Waals surface area contributed by atoms with Gasteiger partial charge in [0.05, 0.1) is 15.9 Å². The van der Waals surface area contributed by atoms with Gasteiger partial charge in [0.1, 0.15) is 5.75 Å². The first-order valence-electron chi connectivity index (χ1n) is 10.2. The third-order valence-corrected chi connectivity index (χ3v) is 6.91. The number of ether oxygens (including phenoxy) is 1. The second kappa shape index (κ2) is 12.7. The van der Waals surface area contributed by atoms with Crippen LogP contribution in [-0.2, 0) is 21.1 Å². The quantitative estimate of drug-likeness (QED) is 0.325. The van der Waals surface area contributed by atoms with Crippen LogP contribution in [0.3, 0.4) is 0 Å². The average molecular weight is 526 g/mol. The molecule has 3 aromatic carbocycles. The Morgan fingerprint density at radius 3 is 2.21 bits per heavy atom. The summed E-state index contributed by atoms with van der Waals surface area (Å²) in [6, 6.07) is 19.3. The van der Waals surface area contributed by atoms with Crippen LogP contribution in [0.2, 0.25) is 5.02 Å². The maximum absolute atomic E-state index is 12.8. The van der Waals surface area contributed by atoms with Crippen LogP contribution in [0, 0.1) is 0 Å². The lowest BCUT2D eigenvalue weighted by Gasteiger charge is -2.13. The molecule has 0 fully saturated rings. The summed E-state index contributed by atoms with van der Waals surface area (Å²) in [5.41, 5.74) is 1.70. The van der Waals surface area contributed by atoms with Crippen molar-refractivity contribution in [1.82, 2.24) is 5.32 Å². The van der Waals surface area contributed by atoms with Gasteiger partial charge in [-0.15, -0.1) is 12.4 Å². The largest absolute Gasteiger partial charge is 0.482 e. The van der Waals surface area contributed by atoms with Crippen LogP contribution in [0.1, 0.15) is 17.2 Å². The van der Waals surface area contributed by atoms with Crippen LogP contribution < -0.4 is 10.1 Å². The van der Waals surface area contributed by atoms with E-state index in [9.17, 15) is 18.3 Å². The Labute approximate surface area is 209 Å². The standard InChI is InChI=1S/C24H24ClNO6S.ClH/c25-19-3-1-2-18(14-19)23(27)15-26-13-12-17-4-8-21(9-5-17)33(30,31)22-10-6-20(7-11-22)32-16-24(28)29;/h1-11,14,23,26-27H,12-13,15-16H2,(H,28,29);1H/t23-;/m0./s1. The molecule has 0 spiro atoms. The topological polar surface area (TPSA) is 113 Å². The zero-order valence-electron chi connectivity index (χ0n) is 18.1. The summed E-state index contributed by atoms with van der Waals surface area (Å²) in [4.78, 5) is 10.8. The van der Waals surface area contributed by atoms with Crippen molar-refractivity contribution in [3.05, 3.63) is 88.9 Å². The van der Waals surface area contributed by atoms with E-state index < -0.39 is 28.5 Å². The fourth-order valence-corrected chi connectivity index (χ4v) is 4.59. The fraction of sp³-hybridized carbons (Fsp3) is 0.208. The molecular weight excluding hydrogens is 501 g/mol. The van der Waals surface area contributed by atoms with Crippen molar-refractivity contribution >= 4 is 39.8 Å². The Morgan fingerprint density at radius 2 is 1.62 bits per heavy atom. The van der Waals surface area contributed by atoms with Gasteiger partial charge in [0, 0.05) is 11.6 Å². The zero-order chi connectivity index (χ0) is 23.8. The third kappa shape index (κ3) is 7.72. The minimum Gasteiger partial charge on any atom is -0.482 e. The fourth-order valence-electron chi connectivity index (χ4n) is 3.13. The van der Waals surface area contributed by atoms with Crippen molar-refractivity contribution in [2.75, 3.05) is 19.7 Å². The zero-order valence-corrected chi connectivity index (χ0v) is 20.4. The van der Waals surface area contributed by atoms with E-state index >= 15 is 0 Å². The highest BCUT2D eigenvalue weighted by Gasteiger charge is 2.17. The predicted molar refractivity (Wildman–Crippen MR) is 132 cm³/mol. The van der Waals surface area contributed by atoms with Crippen molar-refractivity contribution in [2.45, 2.75) is 22.3 Å². The number of aliphatic hydroxyl groups is 1. The van der Waals surface area contributed by atoms with Crippen molar-refractivity contribution in [3.63, 3.8) is 0 Å². The van der Waals surface area contributed by atoms with E-state index in [-0.39, 0.29) is 27.9 Å². The van der Waals surface area contributed by atoms with Gasteiger partial charge in [-0.3, -0.25) is 0 Å². The number of aliphatic carboxylic acids is 1. The molecule has 0 saturated carbocycles. The number of halogens is 2. The number of carboxylic acid groups (broad SMARTS) is 1. The number of rotatable bonds is 11. The molecule has 3 aromatic rings. The average Bonchev–Trinajstić information content (AvgIpc) is 2.81. The number of benzene rings is 3. The second-order valence-electron chi connectivity index (χ2n) is 7.33. The molecule has 3 rings (SSSR count). The van der Waals surface area contributed by atoms with Crippen molar-refractivity contribution < 1.29 is 28.2 Å². The highest BCUT2D eigenvalue weighted by molar-refractivity contribution is 7.91. The first-order valence-corrected chi connectivity index (χ1v) is 12.0. The van der Waals surface area contributed by atoms with Gasteiger partial charge in [0.25, 0.3) is 0 Å². The summed E-state index contributed by atoms with van der Waals surface area (Å²) in [5, 5.41) is 22.6. The van der Waals surface area contributed by atoms with Crippen LogP contribution in [-0.4, -0.2) is 44.3 Å². The highest BCUT2D eigenvalue weighted by atomic mass is 35.5. The Hall–Kier alpha value is -2.62. The van der Waals surface area contributed by atoms with Crippen LogP contribution in [0.4, 0.5) is 0 Å². The second-order valence-corrected chi connectivity index (χ2v) is 9.71. The van der Waals surface area contributed by atoms with Gasteiger partial charge in [0.15, 0.2) is 6.61 Å². The summed E-state index contributed by atoms with van der Waals surface area (Å²) in [5.74, 6) is -0.834. The summed E-state index contributed by atoms with van der Waals surface area (Å²) < 4.78 is 30.7. The molecule has 182 valence electrons. The monoisotopic (exact) mass is 525 g/mol. The van der Waals surface area contributed by atoms with Gasteiger partial charge in [-0.1, -0.05) is 35.9 Å². The predicted octanol–water partition coefficient (Wildman–Crippen LogP) is 3.92. The Bertz CT molecular complexity index is 1180. The van der Waals surface area contributed by atoms with Crippen LogP contribution in [0.25, 0.3) is 0 Å².